The SMILES string of the molecule is O=C(c1cc2c(Cl)cc(Cl)cn2n1)N1CCn2cnnc2C1. The monoisotopic (exact) mass is 336 g/mol. The second kappa shape index (κ2) is 4.96. The summed E-state index contributed by atoms with van der Waals surface area (Å²) in [7, 11) is 0. The Balaban J connectivity index is 1.67. The van der Waals surface area contributed by atoms with E-state index in [2.05, 4.69) is 15.3 Å². The van der Waals surface area contributed by atoms with E-state index in [1.165, 1.54) is 4.52 Å². The molecule has 0 spiro atoms. The standard InChI is InChI=1S/C13H10Cl2N6O/c14-8-3-9(15)11-4-10(18-21(11)5-8)13(22)19-1-2-20-7-16-17-12(20)6-19/h3-5,7H,1-2,6H2. The molecule has 3 aromatic rings. The average molecular weight is 337 g/mol. The van der Waals surface area contributed by atoms with Gasteiger partial charge in [-0.2, -0.15) is 5.10 Å². The fourth-order valence-corrected chi connectivity index (χ4v) is 3.04. The molecule has 0 saturated heterocycles. The van der Waals surface area contributed by atoms with Gasteiger partial charge in [-0.1, -0.05) is 23.2 Å². The van der Waals surface area contributed by atoms with E-state index in [0.717, 1.165) is 5.82 Å². The van der Waals surface area contributed by atoms with Crippen molar-refractivity contribution in [2.75, 3.05) is 6.54 Å². The topological polar surface area (TPSA) is 68.3 Å². The van der Waals surface area contributed by atoms with Crippen LogP contribution in [0.25, 0.3) is 5.52 Å². The number of hydrogen-bond donors (Lipinski definition) is 0. The molecule has 0 radical (unpaired) electrons. The minimum atomic E-state index is -0.162. The maximum Gasteiger partial charge on any atom is 0.274 e. The van der Waals surface area contributed by atoms with Gasteiger partial charge in [0.25, 0.3) is 5.91 Å². The van der Waals surface area contributed by atoms with Crippen LogP contribution in [0.3, 0.4) is 0 Å². The Kier molecular flexibility index (Phi) is 3.05. The molecule has 22 heavy (non-hydrogen) atoms. The third-order valence-corrected chi connectivity index (χ3v) is 4.15. The van der Waals surface area contributed by atoms with Gasteiger partial charge in [0.2, 0.25) is 0 Å². The molecular weight excluding hydrogens is 327 g/mol. The summed E-state index contributed by atoms with van der Waals surface area (Å²) < 4.78 is 3.45. The van der Waals surface area contributed by atoms with Crippen molar-refractivity contribution < 1.29 is 4.79 Å². The van der Waals surface area contributed by atoms with Crippen molar-refractivity contribution in [1.82, 2.24) is 29.3 Å². The molecule has 1 aliphatic rings. The summed E-state index contributed by atoms with van der Waals surface area (Å²) in [6.07, 6.45) is 3.29. The second-order valence-electron chi connectivity index (χ2n) is 5.03. The first-order valence-electron chi connectivity index (χ1n) is 6.62. The van der Waals surface area contributed by atoms with Gasteiger partial charge in [0.15, 0.2) is 11.5 Å². The predicted octanol–water partition coefficient (Wildman–Crippen LogP) is 1.89. The molecule has 0 aliphatic carbocycles. The van der Waals surface area contributed by atoms with E-state index in [1.54, 1.807) is 29.6 Å². The van der Waals surface area contributed by atoms with E-state index in [4.69, 9.17) is 23.2 Å². The van der Waals surface area contributed by atoms with Gasteiger partial charge in [0.1, 0.15) is 6.33 Å². The molecule has 9 heteroatoms. The van der Waals surface area contributed by atoms with Crippen molar-refractivity contribution in [3.05, 3.63) is 46.2 Å². The minimum Gasteiger partial charge on any atom is -0.328 e. The zero-order valence-electron chi connectivity index (χ0n) is 11.3. The molecule has 7 nitrogen and oxygen atoms in total. The number of carbonyl (C=O) groups excluding carboxylic acids is 1. The number of hydrogen-bond acceptors (Lipinski definition) is 4. The van der Waals surface area contributed by atoms with Gasteiger partial charge >= 0.3 is 0 Å². The molecule has 0 unspecified atom stereocenters. The van der Waals surface area contributed by atoms with Gasteiger partial charge < -0.3 is 9.47 Å². The molecule has 4 rings (SSSR count). The molecule has 4 heterocycles. The molecule has 0 fully saturated rings. The lowest BCUT2D eigenvalue weighted by Crippen LogP contribution is -2.38. The Labute approximate surface area is 135 Å². The highest BCUT2D eigenvalue weighted by atomic mass is 35.5. The van der Waals surface area contributed by atoms with Gasteiger partial charge in [-0.05, 0) is 12.1 Å². The number of rotatable bonds is 1. The first-order valence-corrected chi connectivity index (χ1v) is 7.38. The molecule has 0 atom stereocenters. The van der Waals surface area contributed by atoms with E-state index >= 15 is 0 Å². The van der Waals surface area contributed by atoms with Crippen molar-refractivity contribution in [3.8, 4) is 0 Å². The smallest absolute Gasteiger partial charge is 0.274 e. The summed E-state index contributed by atoms with van der Waals surface area (Å²) in [4.78, 5) is 14.3. The Bertz CT molecular complexity index is 886. The van der Waals surface area contributed by atoms with Crippen molar-refractivity contribution >= 4 is 34.6 Å². The van der Waals surface area contributed by atoms with Gasteiger partial charge in [-0.25, -0.2) is 4.52 Å². The maximum absolute atomic E-state index is 12.6. The van der Waals surface area contributed by atoms with Crippen LogP contribution in [0.4, 0.5) is 0 Å². The van der Waals surface area contributed by atoms with Crippen LogP contribution in [-0.4, -0.2) is 41.7 Å². The zero-order chi connectivity index (χ0) is 15.3. The fraction of sp³-hybridized carbons (Fsp3) is 0.231. The Hall–Kier alpha value is -2.12. The van der Waals surface area contributed by atoms with E-state index in [0.29, 0.717) is 40.9 Å². The van der Waals surface area contributed by atoms with Crippen LogP contribution < -0.4 is 0 Å². The number of carbonyl (C=O) groups is 1. The van der Waals surface area contributed by atoms with Crippen LogP contribution in [0, 0.1) is 0 Å². The molecule has 1 amide bonds. The van der Waals surface area contributed by atoms with Gasteiger partial charge in [0.05, 0.1) is 22.1 Å². The second-order valence-corrected chi connectivity index (χ2v) is 5.88. The van der Waals surface area contributed by atoms with Crippen molar-refractivity contribution in [3.63, 3.8) is 0 Å². The lowest BCUT2D eigenvalue weighted by molar-refractivity contribution is 0.0701. The van der Waals surface area contributed by atoms with E-state index in [1.807, 2.05) is 4.57 Å². The van der Waals surface area contributed by atoms with Crippen LogP contribution in [0.2, 0.25) is 10.0 Å². The van der Waals surface area contributed by atoms with Crippen molar-refractivity contribution in [2.24, 2.45) is 0 Å². The third-order valence-electron chi connectivity index (χ3n) is 3.64. The quantitative estimate of drug-likeness (QED) is 0.680. The van der Waals surface area contributed by atoms with Gasteiger partial charge in [0, 0.05) is 19.3 Å². The molecule has 0 bridgehead atoms. The summed E-state index contributed by atoms with van der Waals surface area (Å²) in [5.41, 5.74) is 0.978. The number of aromatic nitrogens is 5. The van der Waals surface area contributed by atoms with E-state index in [9.17, 15) is 4.79 Å². The summed E-state index contributed by atoms with van der Waals surface area (Å²) in [6.45, 7) is 1.68. The van der Waals surface area contributed by atoms with Crippen LogP contribution >= 0.6 is 23.2 Å². The molecule has 0 aromatic carbocycles. The van der Waals surface area contributed by atoms with E-state index < -0.39 is 0 Å². The Morgan fingerprint density at radius 3 is 2.95 bits per heavy atom. The van der Waals surface area contributed by atoms with E-state index in [-0.39, 0.29) is 5.91 Å². The van der Waals surface area contributed by atoms with Crippen molar-refractivity contribution in [2.45, 2.75) is 13.1 Å². The molecule has 1 aliphatic heterocycles. The number of nitrogens with zero attached hydrogens (tertiary/aromatic N) is 6. The van der Waals surface area contributed by atoms with Crippen molar-refractivity contribution in [1.29, 1.82) is 0 Å². The minimum absolute atomic E-state index is 0.162. The highest BCUT2D eigenvalue weighted by molar-refractivity contribution is 6.36. The van der Waals surface area contributed by atoms with Crippen LogP contribution in [0.5, 0.6) is 0 Å². The number of pyridine rings is 1. The van der Waals surface area contributed by atoms with Gasteiger partial charge in [-0.15, -0.1) is 10.2 Å². The first-order chi connectivity index (χ1) is 10.6. The summed E-state index contributed by atoms with van der Waals surface area (Å²) in [5.74, 6) is 0.606. The number of halogens is 2. The highest BCUT2D eigenvalue weighted by Crippen LogP contribution is 2.23. The molecule has 3 aromatic heterocycles. The molecule has 112 valence electrons. The number of amides is 1. The lowest BCUT2D eigenvalue weighted by atomic mass is 10.3. The Morgan fingerprint density at radius 2 is 2.09 bits per heavy atom. The molecule has 0 saturated carbocycles. The Morgan fingerprint density at radius 1 is 1.23 bits per heavy atom. The first kappa shape index (κ1) is 13.5. The van der Waals surface area contributed by atoms with Gasteiger partial charge in [-0.3, -0.25) is 4.79 Å². The predicted molar refractivity (Wildman–Crippen MR) is 80.0 cm³/mol. The summed E-state index contributed by atoms with van der Waals surface area (Å²) in [6, 6.07) is 3.29. The average Bonchev–Trinajstić information content (AvgIpc) is 3.11. The lowest BCUT2D eigenvalue weighted by Gasteiger charge is -2.26. The largest absolute Gasteiger partial charge is 0.328 e. The zero-order valence-corrected chi connectivity index (χ0v) is 12.8. The molecule has 0 N–H and O–H groups in total. The highest BCUT2D eigenvalue weighted by Gasteiger charge is 2.25. The third kappa shape index (κ3) is 2.13. The maximum atomic E-state index is 12.6. The fourth-order valence-electron chi connectivity index (χ4n) is 2.53. The summed E-state index contributed by atoms with van der Waals surface area (Å²) >= 11 is 12.1. The number of fused-ring (bicyclic) bond motifs is 2. The summed E-state index contributed by atoms with van der Waals surface area (Å²) in [5, 5.41) is 13.0. The normalized spacial score (nSPS) is 14.4. The van der Waals surface area contributed by atoms with Crippen LogP contribution in [-0.2, 0) is 13.1 Å². The molecular formula is C13H10Cl2N6O. The van der Waals surface area contributed by atoms with Crippen LogP contribution in [0.1, 0.15) is 16.3 Å². The van der Waals surface area contributed by atoms with Crippen LogP contribution in [0.15, 0.2) is 24.7 Å².